The number of pyridine rings is 1. The van der Waals surface area contributed by atoms with Crippen molar-refractivity contribution in [1.29, 1.82) is 0 Å². The number of hydrogen-bond donors (Lipinski definition) is 0. The second-order valence-electron chi connectivity index (χ2n) is 5.07. The van der Waals surface area contributed by atoms with E-state index in [2.05, 4.69) is 9.97 Å². The van der Waals surface area contributed by atoms with Gasteiger partial charge >= 0.3 is 6.18 Å². The summed E-state index contributed by atoms with van der Waals surface area (Å²) in [5.74, 6) is -0.0327. The molecule has 2 aromatic heterocycles. The van der Waals surface area contributed by atoms with Crippen molar-refractivity contribution >= 4 is 0 Å². The third-order valence-electron chi connectivity index (χ3n) is 2.92. The predicted molar refractivity (Wildman–Crippen MR) is 69.4 cm³/mol. The van der Waals surface area contributed by atoms with Crippen molar-refractivity contribution in [3.8, 4) is 0 Å². The van der Waals surface area contributed by atoms with Crippen LogP contribution in [-0.4, -0.2) is 20.7 Å². The summed E-state index contributed by atoms with van der Waals surface area (Å²) in [5.41, 5.74) is 1.51. The fourth-order valence-electron chi connectivity index (χ4n) is 2.13. The monoisotopic (exact) mass is 283 g/mol. The molecule has 3 nitrogen and oxygen atoms in total. The summed E-state index contributed by atoms with van der Waals surface area (Å²) in [4.78, 5) is 8.12. The van der Waals surface area contributed by atoms with Gasteiger partial charge in [-0.1, -0.05) is 19.9 Å². The molecule has 2 aromatic rings. The molecule has 0 aliphatic carbocycles. The Bertz CT molecular complexity index is 560. The van der Waals surface area contributed by atoms with Crippen LogP contribution >= 0.6 is 0 Å². The predicted octanol–water partition coefficient (Wildman–Crippen LogP) is 3.55. The van der Waals surface area contributed by atoms with Gasteiger partial charge in [-0.25, -0.2) is 4.98 Å². The van der Waals surface area contributed by atoms with Crippen molar-refractivity contribution in [1.82, 2.24) is 14.5 Å². The number of alkyl halides is 3. The molecular formula is C14H16F3N3. The minimum absolute atomic E-state index is 0.0327. The SMILES string of the molecule is CC(C)c1ncc(Cn2ccnc2)cc1CC(F)(F)F. The third-order valence-corrected chi connectivity index (χ3v) is 2.92. The molecule has 0 unspecified atom stereocenters. The van der Waals surface area contributed by atoms with E-state index < -0.39 is 12.6 Å². The van der Waals surface area contributed by atoms with Crippen LogP contribution in [0.4, 0.5) is 13.2 Å². The molecule has 2 heterocycles. The van der Waals surface area contributed by atoms with E-state index in [0.29, 0.717) is 12.2 Å². The van der Waals surface area contributed by atoms with Gasteiger partial charge in [0.2, 0.25) is 0 Å². The number of halogens is 3. The van der Waals surface area contributed by atoms with Crippen LogP contribution in [0, 0.1) is 0 Å². The molecule has 0 aliphatic rings. The average molecular weight is 283 g/mol. The van der Waals surface area contributed by atoms with E-state index in [4.69, 9.17) is 0 Å². The molecule has 0 saturated heterocycles. The van der Waals surface area contributed by atoms with E-state index in [1.807, 2.05) is 13.8 Å². The Kier molecular flexibility index (Phi) is 4.11. The summed E-state index contributed by atoms with van der Waals surface area (Å²) < 4.78 is 39.7. The highest BCUT2D eigenvalue weighted by Gasteiger charge is 2.29. The van der Waals surface area contributed by atoms with Crippen molar-refractivity contribution in [2.24, 2.45) is 0 Å². The second-order valence-corrected chi connectivity index (χ2v) is 5.07. The van der Waals surface area contributed by atoms with Crippen molar-refractivity contribution < 1.29 is 13.2 Å². The van der Waals surface area contributed by atoms with Gasteiger partial charge in [-0.2, -0.15) is 13.2 Å². The highest BCUT2D eigenvalue weighted by Crippen LogP contribution is 2.26. The van der Waals surface area contributed by atoms with Crippen LogP contribution < -0.4 is 0 Å². The number of rotatable bonds is 4. The molecule has 0 aromatic carbocycles. The van der Waals surface area contributed by atoms with Crippen LogP contribution in [-0.2, 0) is 13.0 Å². The zero-order valence-electron chi connectivity index (χ0n) is 11.4. The molecule has 0 aliphatic heterocycles. The molecule has 0 atom stereocenters. The van der Waals surface area contributed by atoms with E-state index in [1.165, 1.54) is 0 Å². The number of aromatic nitrogens is 3. The lowest BCUT2D eigenvalue weighted by Crippen LogP contribution is -2.15. The maximum Gasteiger partial charge on any atom is 0.393 e. The first-order chi connectivity index (χ1) is 9.35. The minimum atomic E-state index is -4.22. The quantitative estimate of drug-likeness (QED) is 0.859. The molecule has 6 heteroatoms. The topological polar surface area (TPSA) is 30.7 Å². The molecule has 108 valence electrons. The van der Waals surface area contributed by atoms with Gasteiger partial charge < -0.3 is 4.57 Å². The maximum atomic E-state index is 12.7. The van der Waals surface area contributed by atoms with E-state index in [-0.39, 0.29) is 11.5 Å². The number of imidazole rings is 1. The average Bonchev–Trinajstić information content (AvgIpc) is 2.79. The highest BCUT2D eigenvalue weighted by molar-refractivity contribution is 5.28. The van der Waals surface area contributed by atoms with Crippen LogP contribution in [0.3, 0.4) is 0 Å². The third kappa shape index (κ3) is 3.82. The van der Waals surface area contributed by atoms with Gasteiger partial charge in [-0.3, -0.25) is 4.98 Å². The molecule has 0 N–H and O–H groups in total. The fourth-order valence-corrected chi connectivity index (χ4v) is 2.13. The Morgan fingerprint density at radius 1 is 1.30 bits per heavy atom. The molecule has 0 fully saturated rings. The Hall–Kier alpha value is -1.85. The smallest absolute Gasteiger partial charge is 0.333 e. The molecular weight excluding hydrogens is 267 g/mol. The Morgan fingerprint density at radius 3 is 2.60 bits per heavy atom. The van der Waals surface area contributed by atoms with E-state index >= 15 is 0 Å². The van der Waals surface area contributed by atoms with Gasteiger partial charge in [-0.05, 0) is 17.0 Å². The largest absolute Gasteiger partial charge is 0.393 e. The molecule has 0 bridgehead atoms. The zero-order valence-corrected chi connectivity index (χ0v) is 11.4. The summed E-state index contributed by atoms with van der Waals surface area (Å²) in [6.45, 7) is 4.16. The normalized spacial score (nSPS) is 12.1. The molecule has 20 heavy (non-hydrogen) atoms. The summed E-state index contributed by atoms with van der Waals surface area (Å²) in [6, 6.07) is 1.59. The van der Waals surface area contributed by atoms with Crippen molar-refractivity contribution in [3.05, 3.63) is 47.8 Å². The van der Waals surface area contributed by atoms with Gasteiger partial charge in [0.1, 0.15) is 0 Å². The molecule has 2 rings (SSSR count). The first-order valence-electron chi connectivity index (χ1n) is 6.35. The minimum Gasteiger partial charge on any atom is -0.333 e. The first-order valence-corrected chi connectivity index (χ1v) is 6.35. The first kappa shape index (κ1) is 14.6. The Balaban J connectivity index is 2.30. The Morgan fingerprint density at radius 2 is 2.05 bits per heavy atom. The fraction of sp³-hybridized carbons (Fsp3) is 0.429. The van der Waals surface area contributed by atoms with Crippen LogP contribution in [0.15, 0.2) is 31.0 Å². The highest BCUT2D eigenvalue weighted by atomic mass is 19.4. The second kappa shape index (κ2) is 5.64. The lowest BCUT2D eigenvalue weighted by Gasteiger charge is -2.15. The molecule has 0 spiro atoms. The van der Waals surface area contributed by atoms with E-state index in [9.17, 15) is 13.2 Å². The molecule has 0 saturated carbocycles. The van der Waals surface area contributed by atoms with Crippen molar-refractivity contribution in [2.45, 2.75) is 38.9 Å². The van der Waals surface area contributed by atoms with Crippen molar-refractivity contribution in [3.63, 3.8) is 0 Å². The maximum absolute atomic E-state index is 12.7. The lowest BCUT2D eigenvalue weighted by molar-refractivity contribution is -0.127. The molecule has 0 amide bonds. The lowest BCUT2D eigenvalue weighted by atomic mass is 9.99. The van der Waals surface area contributed by atoms with Crippen molar-refractivity contribution in [2.75, 3.05) is 0 Å². The van der Waals surface area contributed by atoms with Crippen LogP contribution in [0.25, 0.3) is 0 Å². The van der Waals surface area contributed by atoms with E-state index in [1.54, 1.807) is 35.6 Å². The summed E-state index contributed by atoms with van der Waals surface area (Å²) >= 11 is 0. The van der Waals surface area contributed by atoms with Gasteiger partial charge in [-0.15, -0.1) is 0 Å². The Labute approximate surface area is 115 Å². The number of hydrogen-bond acceptors (Lipinski definition) is 2. The van der Waals surface area contributed by atoms with Crippen LogP contribution in [0.1, 0.15) is 36.6 Å². The summed E-state index contributed by atoms with van der Waals surface area (Å²) in [5, 5.41) is 0. The van der Waals surface area contributed by atoms with Gasteiger partial charge in [0.25, 0.3) is 0 Å². The summed E-state index contributed by atoms with van der Waals surface area (Å²) in [7, 11) is 0. The summed E-state index contributed by atoms with van der Waals surface area (Å²) in [6.07, 6.45) is 1.49. The zero-order chi connectivity index (χ0) is 14.8. The van der Waals surface area contributed by atoms with Crippen LogP contribution in [0.2, 0.25) is 0 Å². The van der Waals surface area contributed by atoms with Gasteiger partial charge in [0.15, 0.2) is 0 Å². The van der Waals surface area contributed by atoms with Gasteiger partial charge in [0.05, 0.1) is 19.3 Å². The molecule has 0 radical (unpaired) electrons. The number of nitrogens with zero attached hydrogens (tertiary/aromatic N) is 3. The van der Waals surface area contributed by atoms with Gasteiger partial charge in [0, 0.05) is 24.3 Å². The van der Waals surface area contributed by atoms with E-state index in [0.717, 1.165) is 5.56 Å². The van der Waals surface area contributed by atoms with Crippen LogP contribution in [0.5, 0.6) is 0 Å². The standard InChI is InChI=1S/C14H16F3N3/c1-10(2)13-12(6-14(15,16)17)5-11(7-19-13)8-20-4-3-18-9-20/h3-5,7,9-10H,6,8H2,1-2H3.